The SMILES string of the molecule is O=C(NN1CCCC1)c1cnc(-c2ccccc2)nc1. The third-order valence-electron chi connectivity index (χ3n) is 3.31. The second-order valence-electron chi connectivity index (χ2n) is 4.80. The van der Waals surface area contributed by atoms with Gasteiger partial charge in [-0.25, -0.2) is 15.0 Å². The summed E-state index contributed by atoms with van der Waals surface area (Å²) in [5.41, 5.74) is 4.30. The van der Waals surface area contributed by atoms with Crippen LogP contribution in [-0.2, 0) is 0 Å². The molecule has 0 saturated carbocycles. The number of hydrogen-bond acceptors (Lipinski definition) is 4. The molecule has 0 spiro atoms. The van der Waals surface area contributed by atoms with Crippen molar-refractivity contribution in [2.45, 2.75) is 12.8 Å². The number of nitrogens with one attached hydrogen (secondary N) is 1. The third-order valence-corrected chi connectivity index (χ3v) is 3.31. The van der Waals surface area contributed by atoms with Crippen molar-refractivity contribution in [3.63, 3.8) is 0 Å². The number of aromatic nitrogens is 2. The van der Waals surface area contributed by atoms with Crippen molar-refractivity contribution in [3.8, 4) is 11.4 Å². The van der Waals surface area contributed by atoms with Crippen LogP contribution < -0.4 is 5.43 Å². The van der Waals surface area contributed by atoms with Gasteiger partial charge >= 0.3 is 0 Å². The summed E-state index contributed by atoms with van der Waals surface area (Å²) in [7, 11) is 0. The van der Waals surface area contributed by atoms with Crippen molar-refractivity contribution < 1.29 is 4.79 Å². The van der Waals surface area contributed by atoms with E-state index in [-0.39, 0.29) is 5.91 Å². The highest BCUT2D eigenvalue weighted by Crippen LogP contribution is 2.13. The van der Waals surface area contributed by atoms with Crippen LogP contribution in [0.3, 0.4) is 0 Å². The van der Waals surface area contributed by atoms with E-state index in [9.17, 15) is 4.79 Å². The van der Waals surface area contributed by atoms with Gasteiger partial charge in [-0.2, -0.15) is 0 Å². The number of benzene rings is 1. The van der Waals surface area contributed by atoms with Gasteiger partial charge in [0, 0.05) is 31.0 Å². The molecule has 2 heterocycles. The lowest BCUT2D eigenvalue weighted by molar-refractivity contribution is 0.0825. The maximum atomic E-state index is 12.0. The number of carbonyl (C=O) groups is 1. The third kappa shape index (κ3) is 2.83. The van der Waals surface area contributed by atoms with Crippen LogP contribution in [0.4, 0.5) is 0 Å². The zero-order chi connectivity index (χ0) is 13.8. The van der Waals surface area contributed by atoms with E-state index in [0.717, 1.165) is 31.5 Å². The van der Waals surface area contributed by atoms with Gasteiger partial charge in [0.15, 0.2) is 5.82 Å². The Hall–Kier alpha value is -2.27. The first kappa shape index (κ1) is 12.7. The molecule has 1 saturated heterocycles. The van der Waals surface area contributed by atoms with Crippen LogP contribution in [0.1, 0.15) is 23.2 Å². The summed E-state index contributed by atoms with van der Waals surface area (Å²) in [5.74, 6) is 0.481. The molecule has 1 aromatic heterocycles. The first-order valence-corrected chi connectivity index (χ1v) is 6.76. The monoisotopic (exact) mass is 268 g/mol. The molecule has 1 N–H and O–H groups in total. The van der Waals surface area contributed by atoms with E-state index in [1.54, 1.807) is 12.4 Å². The Bertz CT molecular complexity index is 577. The molecule has 0 aliphatic carbocycles. The fourth-order valence-corrected chi connectivity index (χ4v) is 2.22. The molecule has 1 aliphatic heterocycles. The second kappa shape index (κ2) is 5.79. The minimum atomic E-state index is -0.147. The standard InChI is InChI=1S/C15H16N4O/c20-15(18-19-8-4-5-9-19)13-10-16-14(17-11-13)12-6-2-1-3-7-12/h1-3,6-7,10-11H,4-5,8-9H2,(H,18,20). The number of hydrogen-bond donors (Lipinski definition) is 1. The van der Waals surface area contributed by atoms with Crippen LogP contribution in [0.15, 0.2) is 42.7 Å². The summed E-state index contributed by atoms with van der Waals surface area (Å²) in [6, 6.07) is 9.71. The molecule has 2 aromatic rings. The summed E-state index contributed by atoms with van der Waals surface area (Å²) in [5, 5.41) is 1.94. The molecule has 3 rings (SSSR count). The minimum absolute atomic E-state index is 0.147. The number of amides is 1. The molecule has 0 unspecified atom stereocenters. The minimum Gasteiger partial charge on any atom is -0.285 e. The molecule has 20 heavy (non-hydrogen) atoms. The smallest absolute Gasteiger partial charge is 0.268 e. The molecule has 1 fully saturated rings. The van der Waals surface area contributed by atoms with Crippen LogP contribution in [0, 0.1) is 0 Å². The first-order valence-electron chi connectivity index (χ1n) is 6.76. The van der Waals surface area contributed by atoms with Crippen molar-refractivity contribution in [2.75, 3.05) is 13.1 Å². The lowest BCUT2D eigenvalue weighted by atomic mass is 10.2. The molecular weight excluding hydrogens is 252 g/mol. The van der Waals surface area contributed by atoms with Gasteiger partial charge in [-0.1, -0.05) is 30.3 Å². The summed E-state index contributed by atoms with van der Waals surface area (Å²) < 4.78 is 0. The van der Waals surface area contributed by atoms with E-state index in [1.165, 1.54) is 0 Å². The van der Waals surface area contributed by atoms with Gasteiger partial charge in [-0.15, -0.1) is 0 Å². The van der Waals surface area contributed by atoms with E-state index >= 15 is 0 Å². The quantitative estimate of drug-likeness (QED) is 0.923. The largest absolute Gasteiger partial charge is 0.285 e. The Morgan fingerprint density at radius 1 is 1.05 bits per heavy atom. The topological polar surface area (TPSA) is 58.1 Å². The highest BCUT2D eigenvalue weighted by atomic mass is 16.2. The summed E-state index contributed by atoms with van der Waals surface area (Å²) in [6.45, 7) is 1.82. The van der Waals surface area contributed by atoms with Gasteiger partial charge in [0.1, 0.15) is 0 Å². The molecule has 5 nitrogen and oxygen atoms in total. The van der Waals surface area contributed by atoms with E-state index in [2.05, 4.69) is 15.4 Å². The molecular formula is C15H16N4O. The van der Waals surface area contributed by atoms with Crippen LogP contribution in [0.2, 0.25) is 0 Å². The predicted octanol–water partition coefficient (Wildman–Crippen LogP) is 1.88. The number of nitrogens with zero attached hydrogens (tertiary/aromatic N) is 3. The van der Waals surface area contributed by atoms with E-state index in [0.29, 0.717) is 11.4 Å². The van der Waals surface area contributed by atoms with Crippen LogP contribution in [0.5, 0.6) is 0 Å². The molecule has 0 bridgehead atoms. The highest BCUT2D eigenvalue weighted by Gasteiger charge is 2.15. The maximum Gasteiger partial charge on any atom is 0.268 e. The van der Waals surface area contributed by atoms with E-state index in [4.69, 9.17) is 0 Å². The molecule has 1 aliphatic rings. The van der Waals surface area contributed by atoms with Crippen LogP contribution in [-0.4, -0.2) is 34.0 Å². The second-order valence-corrected chi connectivity index (χ2v) is 4.80. The molecule has 0 radical (unpaired) electrons. The summed E-state index contributed by atoms with van der Waals surface area (Å²) in [6.07, 6.45) is 5.40. The average molecular weight is 268 g/mol. The Balaban J connectivity index is 1.71. The lowest BCUT2D eigenvalue weighted by Crippen LogP contribution is -2.40. The fraction of sp³-hybridized carbons (Fsp3) is 0.267. The maximum absolute atomic E-state index is 12.0. The highest BCUT2D eigenvalue weighted by molar-refractivity contribution is 5.93. The van der Waals surface area contributed by atoms with Crippen molar-refractivity contribution >= 4 is 5.91 Å². The van der Waals surface area contributed by atoms with Gasteiger partial charge in [0.25, 0.3) is 5.91 Å². The summed E-state index contributed by atoms with van der Waals surface area (Å²) in [4.78, 5) is 20.5. The molecule has 1 amide bonds. The van der Waals surface area contributed by atoms with Gasteiger partial charge in [-0.3, -0.25) is 10.2 Å². The first-order chi connectivity index (χ1) is 9.83. The van der Waals surface area contributed by atoms with Crippen molar-refractivity contribution in [1.29, 1.82) is 0 Å². The fourth-order valence-electron chi connectivity index (χ4n) is 2.22. The summed E-state index contributed by atoms with van der Waals surface area (Å²) >= 11 is 0. The lowest BCUT2D eigenvalue weighted by Gasteiger charge is -2.15. The van der Waals surface area contributed by atoms with Crippen molar-refractivity contribution in [2.24, 2.45) is 0 Å². The van der Waals surface area contributed by atoms with Gasteiger partial charge < -0.3 is 0 Å². The van der Waals surface area contributed by atoms with E-state index in [1.807, 2.05) is 35.3 Å². The molecule has 102 valence electrons. The number of hydrazine groups is 1. The van der Waals surface area contributed by atoms with E-state index < -0.39 is 0 Å². The predicted molar refractivity (Wildman–Crippen MR) is 75.7 cm³/mol. The number of rotatable bonds is 3. The van der Waals surface area contributed by atoms with Crippen molar-refractivity contribution in [3.05, 3.63) is 48.3 Å². The zero-order valence-electron chi connectivity index (χ0n) is 11.1. The molecule has 5 heteroatoms. The zero-order valence-corrected chi connectivity index (χ0v) is 11.1. The Morgan fingerprint density at radius 2 is 1.70 bits per heavy atom. The molecule has 1 aromatic carbocycles. The average Bonchev–Trinajstić information content (AvgIpc) is 3.01. The van der Waals surface area contributed by atoms with Crippen LogP contribution >= 0.6 is 0 Å². The Morgan fingerprint density at radius 3 is 2.35 bits per heavy atom. The Kier molecular flexibility index (Phi) is 3.69. The molecule has 0 atom stereocenters. The Labute approximate surface area is 117 Å². The van der Waals surface area contributed by atoms with Crippen LogP contribution in [0.25, 0.3) is 11.4 Å². The number of carbonyl (C=O) groups excluding carboxylic acids is 1. The van der Waals surface area contributed by atoms with Gasteiger partial charge in [-0.05, 0) is 12.8 Å². The van der Waals surface area contributed by atoms with Crippen molar-refractivity contribution in [1.82, 2.24) is 20.4 Å². The van der Waals surface area contributed by atoms with Gasteiger partial charge in [0.2, 0.25) is 0 Å². The normalized spacial score (nSPS) is 15.2. The van der Waals surface area contributed by atoms with Gasteiger partial charge in [0.05, 0.1) is 5.56 Å².